The summed E-state index contributed by atoms with van der Waals surface area (Å²) in [6, 6.07) is 42.6. The molecule has 2 heterocycles. The summed E-state index contributed by atoms with van der Waals surface area (Å²) in [5, 5.41) is 6.44. The van der Waals surface area contributed by atoms with Crippen molar-refractivity contribution in [3.05, 3.63) is 203 Å². The third-order valence-corrected chi connectivity index (χ3v) is 13.9. The Bertz CT molecular complexity index is 2820. The summed E-state index contributed by atoms with van der Waals surface area (Å²) in [5.74, 6) is 2.50. The fourth-order valence-corrected chi connectivity index (χ4v) is 9.49. The molecule has 0 aliphatic carbocycles. The van der Waals surface area contributed by atoms with Crippen molar-refractivity contribution < 1.29 is 47.6 Å². The summed E-state index contributed by atoms with van der Waals surface area (Å²) in [6.07, 6.45) is 11.0. The highest BCUT2D eigenvalue weighted by molar-refractivity contribution is 6.00. The Morgan fingerprint density at radius 2 is 0.821 bits per heavy atom. The van der Waals surface area contributed by atoms with Crippen LogP contribution < -0.4 is 39.1 Å². The number of nitrogens with zero attached hydrogens (tertiary/aromatic N) is 2. The van der Waals surface area contributed by atoms with Gasteiger partial charge in [-0.15, -0.1) is 0 Å². The van der Waals surface area contributed by atoms with E-state index in [1.807, 2.05) is 135 Å². The molecule has 6 aromatic carbocycles. The first-order chi connectivity index (χ1) is 37.8. The second-order valence-electron chi connectivity index (χ2n) is 19.3. The van der Waals surface area contributed by atoms with E-state index in [2.05, 4.69) is 10.6 Å². The zero-order valence-electron chi connectivity index (χ0n) is 45.8. The summed E-state index contributed by atoms with van der Waals surface area (Å²) in [4.78, 5) is 58.6. The fourth-order valence-electron chi connectivity index (χ4n) is 9.49. The van der Waals surface area contributed by atoms with E-state index in [4.69, 9.17) is 28.4 Å². The van der Waals surface area contributed by atoms with E-state index < -0.39 is 12.1 Å². The van der Waals surface area contributed by atoms with Gasteiger partial charge in [-0.1, -0.05) is 109 Å². The predicted octanol–water partition coefficient (Wildman–Crippen LogP) is 10.7. The highest BCUT2D eigenvalue weighted by Gasteiger charge is 2.34. The fraction of sp³-hybridized carbons (Fsp3) is 0.312. The molecule has 0 spiro atoms. The van der Waals surface area contributed by atoms with Crippen molar-refractivity contribution in [3.63, 3.8) is 0 Å². The van der Waals surface area contributed by atoms with Gasteiger partial charge in [0.1, 0.15) is 46.6 Å². The van der Waals surface area contributed by atoms with Crippen molar-refractivity contribution in [1.29, 1.82) is 0 Å². The van der Waals surface area contributed by atoms with Crippen molar-refractivity contribution in [2.75, 3.05) is 42.5 Å². The number of carbonyl (C=O) groups is 4. The first kappa shape index (κ1) is 57.2. The van der Waals surface area contributed by atoms with E-state index in [1.54, 1.807) is 91.1 Å². The largest absolute Gasteiger partial charge is 0.497 e. The Kier molecular flexibility index (Phi) is 20.5. The second-order valence-corrected chi connectivity index (χ2v) is 19.3. The van der Waals surface area contributed by atoms with Crippen LogP contribution in [-0.2, 0) is 22.4 Å². The lowest BCUT2D eigenvalue weighted by molar-refractivity contribution is -0.126. The van der Waals surface area contributed by atoms with Crippen LogP contribution in [0.3, 0.4) is 0 Å². The minimum absolute atomic E-state index is 0.146. The number of benzene rings is 6. The predicted molar refractivity (Wildman–Crippen MR) is 303 cm³/mol. The lowest BCUT2D eigenvalue weighted by atomic mass is 9.98. The standard InChI is InChI=1S/2C32H36N2O5/c2*1-22-12-8-10-16-27(25-19-18-24(37-3)21-30(25)38-4)33-31(35)28(20-23-13-6-5-7-14-23)34(2)32(36)26-15-9-11-17-29(26)39-22/h2*5-11,13-15,17-19,21-22,27-28H,12,16,20H2,1-4H3,(H,33,35)/b10-8+;10-8-/t2*22-,27+,28+/m00/s1. The van der Waals surface area contributed by atoms with Gasteiger partial charge in [0.2, 0.25) is 11.8 Å². The maximum Gasteiger partial charge on any atom is 0.258 e. The van der Waals surface area contributed by atoms with Gasteiger partial charge >= 0.3 is 0 Å². The molecule has 14 nitrogen and oxygen atoms in total. The van der Waals surface area contributed by atoms with Gasteiger partial charge in [0.15, 0.2) is 0 Å². The molecule has 8 rings (SSSR count). The van der Waals surface area contributed by atoms with Crippen molar-refractivity contribution in [3.8, 4) is 34.5 Å². The Labute approximate surface area is 458 Å². The lowest BCUT2D eigenvalue weighted by Crippen LogP contribution is -2.49. The zero-order valence-corrected chi connectivity index (χ0v) is 45.8. The van der Waals surface area contributed by atoms with Crippen LogP contribution in [0, 0.1) is 0 Å². The number of fused-ring (bicyclic) bond motifs is 2. The van der Waals surface area contributed by atoms with Crippen LogP contribution in [0.4, 0.5) is 0 Å². The summed E-state index contributed by atoms with van der Waals surface area (Å²) >= 11 is 0. The molecule has 6 atom stereocenters. The van der Waals surface area contributed by atoms with E-state index in [0.717, 1.165) is 22.3 Å². The number of nitrogens with one attached hydrogen (secondary N) is 2. The summed E-state index contributed by atoms with van der Waals surface area (Å²) in [7, 11) is 9.74. The molecule has 0 unspecified atom stereocenters. The molecule has 0 radical (unpaired) electrons. The van der Waals surface area contributed by atoms with Crippen LogP contribution in [-0.4, -0.2) is 100 Å². The number of methoxy groups -OCH3 is 4. The number of hydrogen-bond donors (Lipinski definition) is 2. The van der Waals surface area contributed by atoms with Gasteiger partial charge in [0.25, 0.3) is 11.8 Å². The minimum atomic E-state index is -0.760. The molecule has 78 heavy (non-hydrogen) atoms. The van der Waals surface area contributed by atoms with Crippen molar-refractivity contribution >= 4 is 23.6 Å². The molecular weight excluding hydrogens is 985 g/mol. The molecule has 2 aliphatic rings. The van der Waals surface area contributed by atoms with Crippen LogP contribution in [0.25, 0.3) is 0 Å². The van der Waals surface area contributed by atoms with E-state index in [0.29, 0.717) is 84.1 Å². The third kappa shape index (κ3) is 14.9. The van der Waals surface area contributed by atoms with Gasteiger partial charge < -0.3 is 48.9 Å². The maximum absolute atomic E-state index is 14.0. The molecule has 0 saturated heterocycles. The smallest absolute Gasteiger partial charge is 0.258 e. The van der Waals surface area contributed by atoms with Crippen molar-refractivity contribution in [2.24, 2.45) is 0 Å². The van der Waals surface area contributed by atoms with Crippen LogP contribution >= 0.6 is 0 Å². The summed E-state index contributed by atoms with van der Waals surface area (Å²) < 4.78 is 34.4. The van der Waals surface area contributed by atoms with Gasteiger partial charge in [-0.2, -0.15) is 0 Å². The topological polar surface area (TPSA) is 154 Å². The van der Waals surface area contributed by atoms with E-state index in [-0.39, 0.29) is 47.9 Å². The average Bonchev–Trinajstić information content (AvgIpc) is 3.47. The SMILES string of the molecule is COc1ccc([C@H]2C/C=C/C[C@H](C)Oc3ccccc3C(=O)N(C)[C@H](Cc3ccccc3)C(=O)N2)c(OC)c1.COc1ccc([C@H]2C/C=C\C[C@H](C)Oc3ccccc3C(=O)N(C)[C@H](Cc3ccccc3)C(=O)N2)c(OC)c1. The molecule has 6 aromatic rings. The monoisotopic (exact) mass is 1060 g/mol. The number of para-hydroxylation sites is 2. The average molecular weight is 1060 g/mol. The van der Waals surface area contributed by atoms with E-state index in [9.17, 15) is 19.2 Å². The van der Waals surface area contributed by atoms with Crippen molar-refractivity contribution in [2.45, 2.75) is 88.7 Å². The Hall–Kier alpha value is -8.52. The van der Waals surface area contributed by atoms with Crippen LogP contribution in [0.15, 0.2) is 170 Å². The van der Waals surface area contributed by atoms with Crippen LogP contribution in [0.5, 0.6) is 34.5 Å². The summed E-state index contributed by atoms with van der Waals surface area (Å²) in [6.45, 7) is 3.95. The number of likely N-dealkylation sites (N-methyl/N-ethyl adjacent to an activating group) is 2. The first-order valence-corrected chi connectivity index (χ1v) is 26.3. The normalized spacial score (nSPS) is 21.1. The number of ether oxygens (including phenoxy) is 6. The van der Waals surface area contributed by atoms with Gasteiger partial charge in [-0.25, -0.2) is 0 Å². The molecule has 408 valence electrons. The molecule has 2 N–H and O–H groups in total. The summed E-state index contributed by atoms with van der Waals surface area (Å²) in [5.41, 5.74) is 4.40. The molecule has 0 bridgehead atoms. The lowest BCUT2D eigenvalue weighted by Gasteiger charge is -2.31. The number of carbonyl (C=O) groups excluding carboxylic acids is 4. The highest BCUT2D eigenvalue weighted by atomic mass is 16.5. The minimum Gasteiger partial charge on any atom is -0.497 e. The van der Waals surface area contributed by atoms with Crippen LogP contribution in [0.1, 0.15) is 94.6 Å². The van der Waals surface area contributed by atoms with Crippen LogP contribution in [0.2, 0.25) is 0 Å². The molecule has 14 heteroatoms. The second kappa shape index (κ2) is 28.0. The zero-order chi connectivity index (χ0) is 55.6. The van der Waals surface area contributed by atoms with Gasteiger partial charge in [0.05, 0.1) is 63.9 Å². The highest BCUT2D eigenvalue weighted by Crippen LogP contribution is 2.34. The van der Waals surface area contributed by atoms with Gasteiger partial charge in [0, 0.05) is 63.0 Å². The van der Waals surface area contributed by atoms with E-state index in [1.165, 1.54) is 9.80 Å². The van der Waals surface area contributed by atoms with Crippen molar-refractivity contribution in [1.82, 2.24) is 20.4 Å². The molecule has 0 saturated carbocycles. The molecule has 0 fully saturated rings. The number of rotatable bonds is 10. The Balaban J connectivity index is 0.000000226. The first-order valence-electron chi connectivity index (χ1n) is 26.3. The van der Waals surface area contributed by atoms with E-state index >= 15 is 0 Å². The molecule has 2 aliphatic heterocycles. The van der Waals surface area contributed by atoms with Gasteiger partial charge in [-0.3, -0.25) is 19.2 Å². The quantitative estimate of drug-likeness (QED) is 0.127. The van der Waals surface area contributed by atoms with Gasteiger partial charge in [-0.05, 0) is 86.3 Å². The Morgan fingerprint density at radius 1 is 0.462 bits per heavy atom. The molecule has 4 amide bonds. The molecule has 0 aromatic heterocycles. The third-order valence-electron chi connectivity index (χ3n) is 13.9. The maximum atomic E-state index is 14.0. The molecular formula is C64H72N4O10. The number of hydrogen-bond acceptors (Lipinski definition) is 10. The number of amides is 4. The Morgan fingerprint density at radius 3 is 1.19 bits per heavy atom.